The quantitative estimate of drug-likeness (QED) is 0.295. The van der Waals surface area contributed by atoms with Crippen molar-refractivity contribution in [1.29, 1.82) is 0 Å². The summed E-state index contributed by atoms with van der Waals surface area (Å²) in [5.41, 5.74) is 0.441. The molecule has 0 bridgehead atoms. The average Bonchev–Trinajstić information content (AvgIpc) is 3.40. The van der Waals surface area contributed by atoms with Crippen molar-refractivity contribution < 1.29 is 27.6 Å². The number of nitrogens with zero attached hydrogens (tertiary/aromatic N) is 2. The molecule has 1 fully saturated rings. The number of para-hydroxylation sites is 2. The molecule has 2 aliphatic rings. The van der Waals surface area contributed by atoms with Crippen LogP contribution < -0.4 is 15.1 Å². The van der Waals surface area contributed by atoms with Gasteiger partial charge in [-0.3, -0.25) is 23.7 Å². The number of benzene rings is 3. The number of fused-ring (bicyclic) bond motifs is 2. The summed E-state index contributed by atoms with van der Waals surface area (Å²) in [6.07, 6.45) is -4.79. The number of halogens is 3. The summed E-state index contributed by atoms with van der Waals surface area (Å²) in [6.45, 7) is 1.49. The van der Waals surface area contributed by atoms with E-state index in [2.05, 4.69) is 5.32 Å². The van der Waals surface area contributed by atoms with E-state index in [1.807, 2.05) is 19.1 Å². The molecule has 1 N–H and O–H groups in total. The predicted octanol–water partition coefficient (Wildman–Crippen LogP) is 5.67. The van der Waals surface area contributed by atoms with Crippen LogP contribution in [0, 0.1) is 12.8 Å². The van der Waals surface area contributed by atoms with E-state index in [4.69, 9.17) is 0 Å². The van der Waals surface area contributed by atoms with E-state index in [0.29, 0.717) is 26.1 Å². The van der Waals surface area contributed by atoms with Crippen molar-refractivity contribution in [1.82, 2.24) is 4.57 Å². The number of amides is 3. The zero-order valence-corrected chi connectivity index (χ0v) is 23.6. The largest absolute Gasteiger partial charge is 0.418 e. The molecule has 0 radical (unpaired) electrons. The highest BCUT2D eigenvalue weighted by atomic mass is 32.2. The Morgan fingerprint density at radius 1 is 0.905 bits per heavy atom. The van der Waals surface area contributed by atoms with Crippen LogP contribution in [0.2, 0.25) is 0 Å². The molecular formula is C30H22F3N3O4S2. The zero-order chi connectivity index (χ0) is 29.8. The number of carbonyl (C=O) groups excluding carboxylic acids is 3. The predicted molar refractivity (Wildman–Crippen MR) is 154 cm³/mol. The lowest BCUT2D eigenvalue weighted by Crippen LogP contribution is -2.33. The molecule has 42 heavy (non-hydrogen) atoms. The fourth-order valence-corrected chi connectivity index (χ4v) is 8.24. The first-order valence-electron chi connectivity index (χ1n) is 12.9. The summed E-state index contributed by atoms with van der Waals surface area (Å²) in [4.78, 5) is 54.7. The van der Waals surface area contributed by atoms with Crippen LogP contribution in [0.4, 0.5) is 24.5 Å². The van der Waals surface area contributed by atoms with Crippen LogP contribution in [-0.4, -0.2) is 27.5 Å². The van der Waals surface area contributed by atoms with Crippen LogP contribution in [-0.2, 0) is 27.1 Å². The van der Waals surface area contributed by atoms with Gasteiger partial charge < -0.3 is 5.32 Å². The van der Waals surface area contributed by atoms with Gasteiger partial charge in [-0.2, -0.15) is 13.2 Å². The van der Waals surface area contributed by atoms with E-state index in [1.54, 1.807) is 42.5 Å². The monoisotopic (exact) mass is 609 g/mol. The smallest absolute Gasteiger partial charge is 0.324 e. The fraction of sp³-hybridized carbons (Fsp3) is 0.200. The van der Waals surface area contributed by atoms with E-state index < -0.39 is 57.1 Å². The lowest BCUT2D eigenvalue weighted by Gasteiger charge is -2.30. The standard InChI is InChI=1S/C30H22F3N3O4S2/c1-16-9-5-7-13-19(16)34-21(37)15-35-28-25(42-29(35)40)22(17-10-3-2-4-11-17)23-24(41-28)27(39)36(26(23)38)20-14-8-6-12-18(20)30(31,32)33/h2-14,22-24H,15H2,1H3,(H,34,37)/t22-,23?,24?/m1/s1. The Hall–Kier alpha value is -4.16. The van der Waals surface area contributed by atoms with Gasteiger partial charge in [-0.05, 0) is 36.2 Å². The normalized spacial score (nSPS) is 19.9. The van der Waals surface area contributed by atoms with E-state index in [9.17, 15) is 32.3 Å². The van der Waals surface area contributed by atoms with Gasteiger partial charge in [0, 0.05) is 16.5 Å². The van der Waals surface area contributed by atoms with Gasteiger partial charge in [0.15, 0.2) is 0 Å². The number of carbonyl (C=O) groups is 3. The van der Waals surface area contributed by atoms with Crippen molar-refractivity contribution >= 4 is 52.2 Å². The SMILES string of the molecule is Cc1ccccc1NC(=O)Cn1c2c(sc1=O)[C@H](c1ccccc1)C1C(=O)N(c3ccccc3C(F)(F)F)C(=O)C1S2. The van der Waals surface area contributed by atoms with Crippen LogP contribution in [0.1, 0.15) is 27.5 Å². The Morgan fingerprint density at radius 3 is 2.29 bits per heavy atom. The van der Waals surface area contributed by atoms with Gasteiger partial charge in [0.25, 0.3) is 0 Å². The van der Waals surface area contributed by atoms with Crippen LogP contribution in [0.3, 0.4) is 0 Å². The number of thioether (sulfide) groups is 1. The van der Waals surface area contributed by atoms with E-state index in [1.165, 1.54) is 16.7 Å². The molecule has 214 valence electrons. The number of alkyl halides is 3. The Balaban J connectivity index is 1.43. The molecule has 3 amide bonds. The first-order chi connectivity index (χ1) is 20.1. The van der Waals surface area contributed by atoms with Crippen LogP contribution in [0.15, 0.2) is 88.7 Å². The van der Waals surface area contributed by atoms with Crippen molar-refractivity contribution in [3.8, 4) is 0 Å². The number of aryl methyl sites for hydroxylation is 1. The first-order valence-corrected chi connectivity index (χ1v) is 14.6. The average molecular weight is 610 g/mol. The molecule has 2 aliphatic heterocycles. The first kappa shape index (κ1) is 28.0. The summed E-state index contributed by atoms with van der Waals surface area (Å²) >= 11 is 1.82. The number of imide groups is 1. The maximum absolute atomic E-state index is 13.9. The van der Waals surface area contributed by atoms with E-state index >= 15 is 0 Å². The highest BCUT2D eigenvalue weighted by Crippen LogP contribution is 2.54. The molecular weight excluding hydrogens is 587 g/mol. The molecule has 3 aromatic carbocycles. The molecule has 1 aromatic heterocycles. The van der Waals surface area contributed by atoms with Gasteiger partial charge >= 0.3 is 11.0 Å². The molecule has 4 aromatic rings. The molecule has 6 rings (SSSR count). The van der Waals surface area contributed by atoms with Gasteiger partial charge in [0.2, 0.25) is 17.7 Å². The van der Waals surface area contributed by atoms with Crippen molar-refractivity contribution in [2.75, 3.05) is 10.2 Å². The number of anilines is 2. The Labute approximate surface area is 246 Å². The number of aromatic nitrogens is 1. The van der Waals surface area contributed by atoms with Crippen LogP contribution in [0.25, 0.3) is 0 Å². The maximum atomic E-state index is 13.9. The van der Waals surface area contributed by atoms with Crippen LogP contribution >= 0.6 is 23.1 Å². The number of nitrogens with one attached hydrogen (secondary N) is 1. The summed E-state index contributed by atoms with van der Waals surface area (Å²) in [7, 11) is 0. The summed E-state index contributed by atoms with van der Waals surface area (Å²) < 4.78 is 43.0. The van der Waals surface area contributed by atoms with Gasteiger partial charge in [-0.1, -0.05) is 83.8 Å². The van der Waals surface area contributed by atoms with Crippen molar-refractivity contribution in [2.24, 2.45) is 5.92 Å². The van der Waals surface area contributed by atoms with Gasteiger partial charge in [-0.15, -0.1) is 0 Å². The Bertz CT molecular complexity index is 1780. The number of rotatable bonds is 5. The highest BCUT2D eigenvalue weighted by molar-refractivity contribution is 8.00. The second-order valence-corrected chi connectivity index (χ2v) is 12.1. The number of hydrogen-bond acceptors (Lipinski definition) is 6. The van der Waals surface area contributed by atoms with E-state index in [-0.39, 0.29) is 6.54 Å². The fourth-order valence-electron chi connectivity index (χ4n) is 5.47. The summed E-state index contributed by atoms with van der Waals surface area (Å²) in [5, 5.41) is 2.05. The minimum Gasteiger partial charge on any atom is -0.324 e. The molecule has 2 unspecified atom stereocenters. The van der Waals surface area contributed by atoms with Crippen molar-refractivity contribution in [2.45, 2.75) is 35.8 Å². The van der Waals surface area contributed by atoms with Crippen molar-refractivity contribution in [3.05, 3.63) is 110 Å². The van der Waals surface area contributed by atoms with Crippen LogP contribution in [0.5, 0.6) is 0 Å². The minimum absolute atomic E-state index is 0.340. The third-order valence-corrected chi connectivity index (χ3v) is 9.98. The second-order valence-electron chi connectivity index (χ2n) is 9.97. The molecule has 3 atom stereocenters. The highest BCUT2D eigenvalue weighted by Gasteiger charge is 2.57. The minimum atomic E-state index is -4.79. The third kappa shape index (κ3) is 4.74. The number of thiazole rings is 1. The van der Waals surface area contributed by atoms with Gasteiger partial charge in [0.05, 0.1) is 22.2 Å². The lowest BCUT2D eigenvalue weighted by molar-refractivity contribution is -0.137. The molecule has 0 spiro atoms. The third-order valence-electron chi connectivity index (χ3n) is 7.38. The van der Waals surface area contributed by atoms with Crippen molar-refractivity contribution in [3.63, 3.8) is 0 Å². The van der Waals surface area contributed by atoms with Gasteiger partial charge in [0.1, 0.15) is 11.8 Å². The topological polar surface area (TPSA) is 88.5 Å². The molecule has 3 heterocycles. The molecule has 12 heteroatoms. The van der Waals surface area contributed by atoms with E-state index in [0.717, 1.165) is 40.8 Å². The zero-order valence-electron chi connectivity index (χ0n) is 21.9. The summed E-state index contributed by atoms with van der Waals surface area (Å²) in [5.74, 6) is -3.84. The lowest BCUT2D eigenvalue weighted by atomic mass is 9.83. The molecule has 1 saturated heterocycles. The molecule has 0 aliphatic carbocycles. The number of hydrogen-bond donors (Lipinski definition) is 1. The Morgan fingerprint density at radius 2 is 1.57 bits per heavy atom. The Kier molecular flexibility index (Phi) is 7.06. The second kappa shape index (κ2) is 10.6. The molecule has 0 saturated carbocycles. The maximum Gasteiger partial charge on any atom is 0.418 e. The summed E-state index contributed by atoms with van der Waals surface area (Å²) in [6, 6.07) is 20.4. The van der Waals surface area contributed by atoms with Gasteiger partial charge in [-0.25, -0.2) is 4.90 Å². The molecule has 7 nitrogen and oxygen atoms in total.